The molecule has 0 rings (SSSR count). The molecule has 0 saturated heterocycles. The summed E-state index contributed by atoms with van der Waals surface area (Å²) < 4.78 is 15.7. The van der Waals surface area contributed by atoms with Crippen LogP contribution in [0.25, 0.3) is 0 Å². The predicted molar refractivity (Wildman–Crippen MR) is 70.2 cm³/mol. The Kier molecular flexibility index (Phi) is 7.53. The summed E-state index contributed by atoms with van der Waals surface area (Å²) in [4.78, 5) is 22.0. The molecule has 0 aliphatic rings. The van der Waals surface area contributed by atoms with Crippen LogP contribution < -0.4 is 0 Å². The fourth-order valence-corrected chi connectivity index (χ4v) is 3.72. The van der Waals surface area contributed by atoms with Crippen LogP contribution in [0.3, 0.4) is 0 Å². The van der Waals surface area contributed by atoms with E-state index in [2.05, 4.69) is 6.58 Å². The first-order valence-electron chi connectivity index (χ1n) is 5.86. The Labute approximate surface area is 109 Å². The topological polar surface area (TPSA) is 61.8 Å². The van der Waals surface area contributed by atoms with Gasteiger partial charge in [0, 0.05) is 33.0 Å². The third kappa shape index (κ3) is 8.95. The molecule has 0 aliphatic carbocycles. The highest BCUT2D eigenvalue weighted by Crippen LogP contribution is 2.16. The van der Waals surface area contributed by atoms with Gasteiger partial charge in [-0.25, -0.2) is 0 Å². The lowest BCUT2D eigenvalue weighted by Crippen LogP contribution is -2.41. The number of hydrogen-bond donors (Lipinski definition) is 0. The van der Waals surface area contributed by atoms with Crippen molar-refractivity contribution in [3.05, 3.63) is 12.2 Å². The monoisotopic (exact) mass is 274 g/mol. The maximum atomic E-state index is 11.0. The molecule has 18 heavy (non-hydrogen) atoms. The molecule has 0 heterocycles. The Balaban J connectivity index is 4.12. The molecule has 6 heteroatoms. The normalized spacial score (nSPS) is 10.9. The van der Waals surface area contributed by atoms with Crippen LogP contribution >= 0.6 is 0 Å². The summed E-state index contributed by atoms with van der Waals surface area (Å²) in [6.45, 7) is 11.0. The fraction of sp³-hybridized carbons (Fsp3) is 0.667. The van der Waals surface area contributed by atoms with E-state index in [1.807, 2.05) is 6.92 Å². The van der Waals surface area contributed by atoms with E-state index in [4.69, 9.17) is 13.6 Å². The first-order valence-corrected chi connectivity index (χ1v) is 8.39. The molecule has 0 N–H and O–H groups in total. The van der Waals surface area contributed by atoms with Crippen molar-refractivity contribution in [2.75, 3.05) is 13.2 Å². The summed E-state index contributed by atoms with van der Waals surface area (Å²) >= 11 is 0. The maximum Gasteiger partial charge on any atom is 0.461 e. The van der Waals surface area contributed by atoms with Crippen LogP contribution in [-0.2, 0) is 23.2 Å². The standard InChI is InChI=1S/C12H22O5Si/c1-10(2)9-15-7-6-8-18(5,16-11(3)13)17-12(4)14/h1,6-9H2,2-5H3. The average molecular weight is 274 g/mol. The Morgan fingerprint density at radius 3 is 2.00 bits per heavy atom. The molecule has 0 fully saturated rings. The van der Waals surface area contributed by atoms with Crippen LogP contribution in [-0.4, -0.2) is 33.7 Å². The zero-order valence-electron chi connectivity index (χ0n) is 11.6. The Hall–Kier alpha value is -1.14. The van der Waals surface area contributed by atoms with E-state index in [1.54, 1.807) is 6.55 Å². The van der Waals surface area contributed by atoms with E-state index in [1.165, 1.54) is 13.8 Å². The summed E-state index contributed by atoms with van der Waals surface area (Å²) in [6, 6.07) is 0.530. The highest BCUT2D eigenvalue weighted by molar-refractivity contribution is 6.69. The Morgan fingerprint density at radius 2 is 1.61 bits per heavy atom. The van der Waals surface area contributed by atoms with Crippen molar-refractivity contribution in [2.24, 2.45) is 0 Å². The number of hydrogen-bond acceptors (Lipinski definition) is 5. The van der Waals surface area contributed by atoms with Gasteiger partial charge in [-0.3, -0.25) is 9.59 Å². The molecule has 0 aromatic carbocycles. The maximum absolute atomic E-state index is 11.0. The number of carbonyl (C=O) groups is 2. The van der Waals surface area contributed by atoms with Crippen molar-refractivity contribution < 1.29 is 23.2 Å². The highest BCUT2D eigenvalue weighted by atomic mass is 28.4. The van der Waals surface area contributed by atoms with Crippen LogP contribution in [0.15, 0.2) is 12.2 Å². The molecule has 0 bridgehead atoms. The van der Waals surface area contributed by atoms with Crippen LogP contribution in [0.2, 0.25) is 12.6 Å². The van der Waals surface area contributed by atoms with Crippen molar-refractivity contribution in [2.45, 2.75) is 39.8 Å². The van der Waals surface area contributed by atoms with Crippen molar-refractivity contribution in [1.29, 1.82) is 0 Å². The zero-order valence-corrected chi connectivity index (χ0v) is 12.6. The van der Waals surface area contributed by atoms with Gasteiger partial charge in [0.1, 0.15) is 0 Å². The fourth-order valence-electron chi connectivity index (χ4n) is 1.47. The molecule has 0 aliphatic heterocycles. The summed E-state index contributed by atoms with van der Waals surface area (Å²) in [6.07, 6.45) is 0.677. The van der Waals surface area contributed by atoms with Crippen molar-refractivity contribution >= 4 is 20.5 Å². The third-order valence-corrected chi connectivity index (χ3v) is 4.69. The minimum atomic E-state index is -2.75. The lowest BCUT2D eigenvalue weighted by atomic mass is 10.4. The molecule has 0 unspecified atom stereocenters. The van der Waals surface area contributed by atoms with Gasteiger partial charge in [0.05, 0.1) is 6.61 Å². The quantitative estimate of drug-likeness (QED) is 0.385. The van der Waals surface area contributed by atoms with Crippen molar-refractivity contribution in [3.8, 4) is 0 Å². The molecule has 0 aromatic rings. The summed E-state index contributed by atoms with van der Waals surface area (Å²) in [5.41, 5.74) is 0.954. The molecule has 0 amide bonds. The van der Waals surface area contributed by atoms with Gasteiger partial charge in [-0.15, -0.1) is 0 Å². The summed E-state index contributed by atoms with van der Waals surface area (Å²) in [5, 5.41) is 0. The van der Waals surface area contributed by atoms with Gasteiger partial charge in [0.2, 0.25) is 0 Å². The molecule has 0 atom stereocenters. The smallest absolute Gasteiger partial charge is 0.461 e. The van der Waals surface area contributed by atoms with Crippen molar-refractivity contribution in [1.82, 2.24) is 0 Å². The van der Waals surface area contributed by atoms with Gasteiger partial charge in [-0.1, -0.05) is 12.2 Å². The Morgan fingerprint density at radius 1 is 1.11 bits per heavy atom. The molecular formula is C12H22O5Si. The first kappa shape index (κ1) is 16.9. The van der Waals surface area contributed by atoms with Crippen molar-refractivity contribution in [3.63, 3.8) is 0 Å². The zero-order chi connectivity index (χ0) is 14.2. The van der Waals surface area contributed by atoms with Gasteiger partial charge in [0.15, 0.2) is 0 Å². The SMILES string of the molecule is C=C(C)COCCC[Si](C)(OC(C)=O)OC(C)=O. The van der Waals surface area contributed by atoms with Gasteiger partial charge in [-0.2, -0.15) is 0 Å². The lowest BCUT2D eigenvalue weighted by molar-refractivity contribution is -0.138. The van der Waals surface area contributed by atoms with Gasteiger partial charge in [0.25, 0.3) is 11.9 Å². The molecule has 0 radical (unpaired) electrons. The van der Waals surface area contributed by atoms with E-state index >= 15 is 0 Å². The van der Waals surface area contributed by atoms with E-state index in [-0.39, 0.29) is 0 Å². The van der Waals surface area contributed by atoms with Gasteiger partial charge >= 0.3 is 8.56 Å². The summed E-state index contributed by atoms with van der Waals surface area (Å²) in [7, 11) is -2.75. The predicted octanol–water partition coefficient (Wildman–Crippen LogP) is 2.17. The van der Waals surface area contributed by atoms with Crippen LogP contribution in [0.5, 0.6) is 0 Å². The average Bonchev–Trinajstić information content (AvgIpc) is 2.13. The molecule has 5 nitrogen and oxygen atoms in total. The Bertz CT molecular complexity index is 298. The molecule has 104 valence electrons. The number of ether oxygens (including phenoxy) is 1. The van der Waals surface area contributed by atoms with E-state index in [9.17, 15) is 9.59 Å². The second-order valence-electron chi connectivity index (χ2n) is 4.43. The third-order valence-electron chi connectivity index (χ3n) is 1.99. The molecule has 0 spiro atoms. The number of rotatable bonds is 8. The summed E-state index contributed by atoms with van der Waals surface area (Å²) in [5.74, 6) is -0.846. The van der Waals surface area contributed by atoms with E-state index in [0.717, 1.165) is 5.57 Å². The molecular weight excluding hydrogens is 252 g/mol. The largest absolute Gasteiger partial charge is 0.485 e. The van der Waals surface area contributed by atoms with E-state index in [0.29, 0.717) is 25.7 Å². The lowest BCUT2D eigenvalue weighted by Gasteiger charge is -2.24. The molecule has 0 aromatic heterocycles. The van der Waals surface area contributed by atoms with Crippen LogP contribution in [0, 0.1) is 0 Å². The number of carbonyl (C=O) groups excluding carboxylic acids is 2. The van der Waals surface area contributed by atoms with Crippen LogP contribution in [0.1, 0.15) is 27.2 Å². The van der Waals surface area contributed by atoms with Gasteiger partial charge in [-0.05, 0) is 13.3 Å². The minimum Gasteiger partial charge on any atom is -0.485 e. The second kappa shape index (κ2) is 8.05. The van der Waals surface area contributed by atoms with Crippen LogP contribution in [0.4, 0.5) is 0 Å². The second-order valence-corrected chi connectivity index (χ2v) is 7.61. The van der Waals surface area contributed by atoms with E-state index < -0.39 is 20.5 Å². The molecule has 0 saturated carbocycles. The van der Waals surface area contributed by atoms with Gasteiger partial charge < -0.3 is 13.6 Å². The highest BCUT2D eigenvalue weighted by Gasteiger charge is 2.37. The first-order chi connectivity index (χ1) is 8.25. The minimum absolute atomic E-state index is 0.423.